The molecule has 0 aliphatic rings. The predicted molar refractivity (Wildman–Crippen MR) is 63.9 cm³/mol. The highest BCUT2D eigenvalue weighted by molar-refractivity contribution is 6.33. The molecule has 0 saturated carbocycles. The lowest BCUT2D eigenvalue weighted by molar-refractivity contribution is 0.0693. The smallest absolute Gasteiger partial charge is 0.339 e. The van der Waals surface area contributed by atoms with Gasteiger partial charge in [0.2, 0.25) is 0 Å². The summed E-state index contributed by atoms with van der Waals surface area (Å²) >= 11 is 6.02. The molecule has 1 rings (SSSR count). The molecule has 5 heteroatoms. The number of anilines is 1. The second-order valence-electron chi connectivity index (χ2n) is 3.32. The number of ether oxygens (including phenoxy) is 1. The molecule has 0 unspecified atom stereocenters. The zero-order valence-corrected chi connectivity index (χ0v) is 10.2. The molecule has 0 fully saturated rings. The Morgan fingerprint density at radius 2 is 2.19 bits per heavy atom. The molecule has 0 aliphatic carbocycles. The van der Waals surface area contributed by atoms with Gasteiger partial charge in [-0.05, 0) is 13.0 Å². The number of hydrogen-bond acceptors (Lipinski definition) is 3. The maximum atomic E-state index is 10.9. The van der Waals surface area contributed by atoms with Crippen molar-refractivity contribution in [2.45, 2.75) is 6.92 Å². The quantitative estimate of drug-likeness (QED) is 0.883. The predicted octanol–water partition coefficient (Wildman–Crippen LogP) is 2.50. The summed E-state index contributed by atoms with van der Waals surface area (Å²) in [4.78, 5) is 12.8. The first-order valence-electron chi connectivity index (χ1n) is 4.83. The van der Waals surface area contributed by atoms with Gasteiger partial charge < -0.3 is 14.7 Å². The summed E-state index contributed by atoms with van der Waals surface area (Å²) in [5.41, 5.74) is 0.826. The number of carboxylic acids is 1. The maximum Gasteiger partial charge on any atom is 0.339 e. The molecule has 88 valence electrons. The highest BCUT2D eigenvalue weighted by atomic mass is 35.5. The minimum atomic E-state index is -1.05. The Morgan fingerprint density at radius 3 is 2.62 bits per heavy atom. The van der Waals surface area contributed by atoms with Crippen LogP contribution in [-0.4, -0.2) is 31.8 Å². The van der Waals surface area contributed by atoms with Gasteiger partial charge in [0.05, 0.1) is 17.8 Å². The van der Waals surface area contributed by atoms with Crippen molar-refractivity contribution >= 4 is 23.3 Å². The van der Waals surface area contributed by atoms with Gasteiger partial charge >= 0.3 is 5.97 Å². The first kappa shape index (κ1) is 12.6. The van der Waals surface area contributed by atoms with Crippen molar-refractivity contribution in [3.8, 4) is 5.75 Å². The summed E-state index contributed by atoms with van der Waals surface area (Å²) < 4.78 is 5.03. The van der Waals surface area contributed by atoms with Crippen LogP contribution in [-0.2, 0) is 0 Å². The fourth-order valence-electron chi connectivity index (χ4n) is 1.34. The van der Waals surface area contributed by atoms with Crippen LogP contribution in [0, 0.1) is 0 Å². The Balaban J connectivity index is 3.31. The van der Waals surface area contributed by atoms with E-state index in [1.807, 2.05) is 18.9 Å². The monoisotopic (exact) mass is 243 g/mol. The van der Waals surface area contributed by atoms with E-state index in [1.165, 1.54) is 13.2 Å². The molecule has 1 N–H and O–H groups in total. The van der Waals surface area contributed by atoms with E-state index in [1.54, 1.807) is 6.07 Å². The summed E-state index contributed by atoms with van der Waals surface area (Å²) in [5, 5.41) is 9.36. The maximum absolute atomic E-state index is 10.9. The van der Waals surface area contributed by atoms with E-state index < -0.39 is 5.97 Å². The number of carbonyl (C=O) groups is 1. The fourth-order valence-corrected chi connectivity index (χ4v) is 1.65. The molecule has 0 atom stereocenters. The van der Waals surface area contributed by atoms with Gasteiger partial charge in [-0.2, -0.15) is 0 Å². The zero-order valence-electron chi connectivity index (χ0n) is 9.45. The normalized spacial score (nSPS) is 10.0. The summed E-state index contributed by atoms with van der Waals surface area (Å²) in [6.45, 7) is 2.75. The fraction of sp³-hybridized carbons (Fsp3) is 0.364. The molecule has 4 nitrogen and oxygen atoms in total. The van der Waals surface area contributed by atoms with Crippen LogP contribution in [0.5, 0.6) is 5.75 Å². The van der Waals surface area contributed by atoms with Crippen molar-refractivity contribution in [2.24, 2.45) is 0 Å². The Labute approximate surface area is 99.4 Å². The van der Waals surface area contributed by atoms with Crippen molar-refractivity contribution in [1.82, 2.24) is 0 Å². The molecule has 0 aromatic heterocycles. The minimum absolute atomic E-state index is 0.0701. The van der Waals surface area contributed by atoms with E-state index in [0.717, 1.165) is 12.2 Å². The number of rotatable bonds is 4. The van der Waals surface area contributed by atoms with Crippen LogP contribution in [0.15, 0.2) is 12.1 Å². The lowest BCUT2D eigenvalue weighted by Gasteiger charge is -2.19. The molecule has 0 amide bonds. The Kier molecular flexibility index (Phi) is 4.01. The van der Waals surface area contributed by atoms with Crippen LogP contribution in [0.25, 0.3) is 0 Å². The molecule has 0 spiro atoms. The first-order valence-corrected chi connectivity index (χ1v) is 5.21. The Hall–Kier alpha value is -1.42. The van der Waals surface area contributed by atoms with E-state index in [-0.39, 0.29) is 5.56 Å². The molecular weight excluding hydrogens is 230 g/mol. The topological polar surface area (TPSA) is 49.8 Å². The molecule has 0 heterocycles. The molecule has 1 aromatic carbocycles. The average Bonchev–Trinajstić information content (AvgIpc) is 2.27. The number of hydrogen-bond donors (Lipinski definition) is 1. The van der Waals surface area contributed by atoms with Gasteiger partial charge in [-0.1, -0.05) is 11.6 Å². The van der Waals surface area contributed by atoms with Crippen molar-refractivity contribution in [1.29, 1.82) is 0 Å². The van der Waals surface area contributed by atoms with Crippen LogP contribution < -0.4 is 9.64 Å². The van der Waals surface area contributed by atoms with Gasteiger partial charge in [-0.15, -0.1) is 0 Å². The molecular formula is C11H14ClNO3. The van der Waals surface area contributed by atoms with Gasteiger partial charge in [-0.3, -0.25) is 0 Å². The van der Waals surface area contributed by atoms with E-state index in [0.29, 0.717) is 10.8 Å². The summed E-state index contributed by atoms with van der Waals surface area (Å²) in [5.74, 6) is -0.739. The van der Waals surface area contributed by atoms with Crippen LogP contribution in [0.4, 0.5) is 5.69 Å². The van der Waals surface area contributed by atoms with Gasteiger partial charge in [-0.25, -0.2) is 4.79 Å². The van der Waals surface area contributed by atoms with E-state index in [2.05, 4.69) is 0 Å². The molecule has 0 aliphatic heterocycles. The van der Waals surface area contributed by atoms with Crippen molar-refractivity contribution < 1.29 is 14.6 Å². The largest absolute Gasteiger partial charge is 0.496 e. The van der Waals surface area contributed by atoms with Gasteiger partial charge in [0, 0.05) is 19.7 Å². The second kappa shape index (κ2) is 5.07. The Bertz CT molecular complexity index is 406. The number of methoxy groups -OCH3 is 1. The van der Waals surface area contributed by atoms with Crippen molar-refractivity contribution in [3.05, 3.63) is 22.7 Å². The van der Waals surface area contributed by atoms with Gasteiger partial charge in [0.25, 0.3) is 0 Å². The summed E-state index contributed by atoms with van der Waals surface area (Å²) in [6.07, 6.45) is 0. The molecule has 0 bridgehead atoms. The second-order valence-corrected chi connectivity index (χ2v) is 3.73. The lowest BCUT2D eigenvalue weighted by atomic mass is 10.1. The molecule has 0 saturated heterocycles. The van der Waals surface area contributed by atoms with E-state index in [4.69, 9.17) is 21.4 Å². The first-order chi connectivity index (χ1) is 7.51. The molecule has 1 aromatic rings. The van der Waals surface area contributed by atoms with E-state index >= 15 is 0 Å². The van der Waals surface area contributed by atoms with Crippen LogP contribution in [0.1, 0.15) is 17.3 Å². The minimum Gasteiger partial charge on any atom is -0.496 e. The van der Waals surface area contributed by atoms with Crippen LogP contribution in [0.3, 0.4) is 0 Å². The van der Waals surface area contributed by atoms with Crippen LogP contribution >= 0.6 is 11.6 Å². The third-order valence-electron chi connectivity index (χ3n) is 2.38. The highest BCUT2D eigenvalue weighted by Crippen LogP contribution is 2.32. The average molecular weight is 244 g/mol. The van der Waals surface area contributed by atoms with E-state index in [9.17, 15) is 4.79 Å². The number of halogens is 1. The summed E-state index contributed by atoms with van der Waals surface area (Å²) in [6, 6.07) is 3.04. The number of nitrogens with zero attached hydrogens (tertiary/aromatic N) is 1. The molecule has 16 heavy (non-hydrogen) atoms. The number of carboxylic acid groups (broad SMARTS) is 1. The highest BCUT2D eigenvalue weighted by Gasteiger charge is 2.16. The zero-order chi connectivity index (χ0) is 12.3. The van der Waals surface area contributed by atoms with Crippen molar-refractivity contribution in [3.63, 3.8) is 0 Å². The standard InChI is InChI=1S/C11H14ClNO3/c1-4-13(2)9-6-10(16-3)7(11(14)15)5-8(9)12/h5-6H,4H2,1-3H3,(H,14,15). The third-order valence-corrected chi connectivity index (χ3v) is 2.69. The number of benzene rings is 1. The van der Waals surface area contributed by atoms with Gasteiger partial charge in [0.15, 0.2) is 0 Å². The molecule has 0 radical (unpaired) electrons. The third kappa shape index (κ3) is 2.39. The van der Waals surface area contributed by atoms with Gasteiger partial charge in [0.1, 0.15) is 11.3 Å². The summed E-state index contributed by atoms with van der Waals surface area (Å²) in [7, 11) is 3.31. The Morgan fingerprint density at radius 1 is 1.56 bits per heavy atom. The van der Waals surface area contributed by atoms with Crippen LogP contribution in [0.2, 0.25) is 5.02 Å². The van der Waals surface area contributed by atoms with Crippen molar-refractivity contribution in [2.75, 3.05) is 25.6 Å². The SMILES string of the molecule is CCN(C)c1cc(OC)c(C(=O)O)cc1Cl. The number of aromatic carboxylic acids is 1. The lowest BCUT2D eigenvalue weighted by Crippen LogP contribution is -2.16.